The summed E-state index contributed by atoms with van der Waals surface area (Å²) in [6, 6.07) is 9.29. The second-order valence-corrected chi connectivity index (χ2v) is 4.69. The van der Waals surface area contributed by atoms with Gasteiger partial charge in [0.1, 0.15) is 5.75 Å². The number of ether oxygens (including phenoxy) is 1. The van der Waals surface area contributed by atoms with Crippen molar-refractivity contribution in [2.75, 3.05) is 6.61 Å². The fourth-order valence-electron chi connectivity index (χ4n) is 2.05. The number of aromatic carboxylic acids is 1. The molecular weight excluding hydrogens is 254 g/mol. The summed E-state index contributed by atoms with van der Waals surface area (Å²) in [5.74, 6) is -0.0637. The highest BCUT2D eigenvalue weighted by Gasteiger charge is 2.11. The lowest BCUT2D eigenvalue weighted by atomic mass is 10.2. The van der Waals surface area contributed by atoms with Crippen LogP contribution in [0.4, 0.5) is 0 Å². The molecule has 0 atom stereocenters. The summed E-state index contributed by atoms with van der Waals surface area (Å²) in [4.78, 5) is 11.0. The van der Waals surface area contributed by atoms with Crippen LogP contribution in [0, 0.1) is 6.92 Å². The highest BCUT2D eigenvalue weighted by atomic mass is 16.5. The predicted octanol–water partition coefficient (Wildman–Crippen LogP) is 3.66. The number of hydrogen-bond acceptors (Lipinski definition) is 2. The van der Waals surface area contributed by atoms with Crippen LogP contribution in [0.2, 0.25) is 0 Å². The third kappa shape index (κ3) is 3.02. The van der Waals surface area contributed by atoms with Gasteiger partial charge in [0.2, 0.25) is 0 Å². The normalized spacial score (nSPS) is 10.5. The minimum absolute atomic E-state index is 0.327. The van der Waals surface area contributed by atoms with Crippen molar-refractivity contribution in [3.8, 4) is 11.4 Å². The monoisotopic (exact) mass is 273 g/mol. The Hall–Kier alpha value is -2.23. The van der Waals surface area contributed by atoms with E-state index in [9.17, 15) is 4.79 Å². The van der Waals surface area contributed by atoms with E-state index in [-0.39, 0.29) is 0 Å². The number of carboxylic acids is 1. The number of hydrogen-bond donors (Lipinski definition) is 1. The third-order valence-corrected chi connectivity index (χ3v) is 3.25. The van der Waals surface area contributed by atoms with E-state index in [4.69, 9.17) is 9.84 Å². The Morgan fingerprint density at radius 3 is 2.50 bits per heavy atom. The standard InChI is InChI=1S/C16H19NO3/c1-3-4-11-20-14-7-5-13(6-8-14)17-10-9-15(12(17)2)16(18)19/h5-10H,3-4,11H2,1-2H3,(H,18,19). The minimum Gasteiger partial charge on any atom is -0.494 e. The van der Waals surface area contributed by atoms with Crippen molar-refractivity contribution in [1.82, 2.24) is 4.57 Å². The lowest BCUT2D eigenvalue weighted by molar-refractivity contribution is 0.0696. The molecular formula is C16H19NO3. The van der Waals surface area contributed by atoms with Gasteiger partial charge in [0, 0.05) is 17.6 Å². The van der Waals surface area contributed by atoms with E-state index in [0.717, 1.165) is 36.6 Å². The average Bonchev–Trinajstić information content (AvgIpc) is 2.82. The fourth-order valence-corrected chi connectivity index (χ4v) is 2.05. The topological polar surface area (TPSA) is 51.5 Å². The maximum absolute atomic E-state index is 11.0. The highest BCUT2D eigenvalue weighted by molar-refractivity contribution is 5.89. The number of rotatable bonds is 6. The van der Waals surface area contributed by atoms with Crippen LogP contribution < -0.4 is 4.74 Å². The molecule has 4 nitrogen and oxygen atoms in total. The zero-order valence-corrected chi connectivity index (χ0v) is 11.8. The van der Waals surface area contributed by atoms with Gasteiger partial charge in [-0.25, -0.2) is 4.79 Å². The Morgan fingerprint density at radius 1 is 1.25 bits per heavy atom. The number of carbonyl (C=O) groups is 1. The smallest absolute Gasteiger partial charge is 0.337 e. The van der Waals surface area contributed by atoms with Crippen LogP contribution in [0.3, 0.4) is 0 Å². The molecule has 0 fully saturated rings. The summed E-state index contributed by atoms with van der Waals surface area (Å²) in [6.45, 7) is 4.65. The average molecular weight is 273 g/mol. The Kier molecular flexibility index (Phi) is 4.45. The van der Waals surface area contributed by atoms with Crippen molar-refractivity contribution in [3.63, 3.8) is 0 Å². The van der Waals surface area contributed by atoms with Crippen LogP contribution in [-0.4, -0.2) is 22.2 Å². The van der Waals surface area contributed by atoms with Gasteiger partial charge in [-0.3, -0.25) is 0 Å². The first-order chi connectivity index (χ1) is 9.63. The summed E-state index contributed by atoms with van der Waals surface area (Å²) >= 11 is 0. The number of carboxylic acid groups (broad SMARTS) is 1. The molecule has 20 heavy (non-hydrogen) atoms. The van der Waals surface area contributed by atoms with Crippen molar-refractivity contribution >= 4 is 5.97 Å². The van der Waals surface area contributed by atoms with E-state index in [1.807, 2.05) is 28.8 Å². The van der Waals surface area contributed by atoms with Crippen LogP contribution >= 0.6 is 0 Å². The van der Waals surface area contributed by atoms with Crippen molar-refractivity contribution in [1.29, 1.82) is 0 Å². The molecule has 1 N–H and O–H groups in total. The molecule has 0 aliphatic heterocycles. The molecule has 106 valence electrons. The van der Waals surface area contributed by atoms with E-state index in [1.165, 1.54) is 0 Å². The Labute approximate surface area is 118 Å². The molecule has 1 aromatic heterocycles. The lowest BCUT2D eigenvalue weighted by Gasteiger charge is -2.09. The maximum Gasteiger partial charge on any atom is 0.337 e. The molecule has 1 aromatic carbocycles. The van der Waals surface area contributed by atoms with Gasteiger partial charge in [0.15, 0.2) is 0 Å². The molecule has 4 heteroatoms. The second-order valence-electron chi connectivity index (χ2n) is 4.69. The zero-order chi connectivity index (χ0) is 14.5. The number of nitrogens with zero attached hydrogens (tertiary/aromatic N) is 1. The summed E-state index contributed by atoms with van der Waals surface area (Å²) in [7, 11) is 0. The Bertz CT molecular complexity index is 584. The van der Waals surface area contributed by atoms with Crippen LogP contribution in [-0.2, 0) is 0 Å². The van der Waals surface area contributed by atoms with E-state index < -0.39 is 5.97 Å². The first-order valence-corrected chi connectivity index (χ1v) is 6.78. The van der Waals surface area contributed by atoms with Crippen molar-refractivity contribution in [2.24, 2.45) is 0 Å². The molecule has 1 heterocycles. The molecule has 0 spiro atoms. The zero-order valence-electron chi connectivity index (χ0n) is 11.8. The third-order valence-electron chi connectivity index (χ3n) is 3.25. The molecule has 0 amide bonds. The lowest BCUT2D eigenvalue weighted by Crippen LogP contribution is -2.01. The predicted molar refractivity (Wildman–Crippen MR) is 77.9 cm³/mol. The van der Waals surface area contributed by atoms with Crippen molar-refractivity contribution in [3.05, 3.63) is 47.8 Å². The molecule has 0 saturated carbocycles. The van der Waals surface area contributed by atoms with Crippen LogP contribution in [0.5, 0.6) is 5.75 Å². The van der Waals surface area contributed by atoms with Crippen molar-refractivity contribution in [2.45, 2.75) is 26.7 Å². The quantitative estimate of drug-likeness (QED) is 0.817. The Balaban J connectivity index is 2.16. The Morgan fingerprint density at radius 2 is 1.95 bits per heavy atom. The van der Waals surface area contributed by atoms with Crippen molar-refractivity contribution < 1.29 is 14.6 Å². The summed E-state index contributed by atoms with van der Waals surface area (Å²) < 4.78 is 7.47. The summed E-state index contributed by atoms with van der Waals surface area (Å²) in [5, 5.41) is 9.06. The van der Waals surface area contributed by atoms with Gasteiger partial charge < -0.3 is 14.4 Å². The SMILES string of the molecule is CCCCOc1ccc(-n2ccc(C(=O)O)c2C)cc1. The summed E-state index contributed by atoms with van der Waals surface area (Å²) in [5.41, 5.74) is 1.98. The highest BCUT2D eigenvalue weighted by Crippen LogP contribution is 2.20. The van der Waals surface area contributed by atoms with Gasteiger partial charge in [-0.05, 0) is 43.7 Å². The molecule has 0 unspecified atom stereocenters. The van der Waals surface area contributed by atoms with E-state index in [1.54, 1.807) is 19.2 Å². The number of unbranched alkanes of at least 4 members (excludes halogenated alkanes) is 1. The molecule has 0 radical (unpaired) electrons. The van der Waals surface area contributed by atoms with E-state index in [2.05, 4.69) is 6.92 Å². The van der Waals surface area contributed by atoms with E-state index in [0.29, 0.717) is 5.56 Å². The van der Waals surface area contributed by atoms with Gasteiger partial charge in [-0.15, -0.1) is 0 Å². The fraction of sp³-hybridized carbons (Fsp3) is 0.312. The van der Waals surface area contributed by atoms with Gasteiger partial charge in [-0.2, -0.15) is 0 Å². The molecule has 0 bridgehead atoms. The molecule has 0 aliphatic carbocycles. The molecule has 0 saturated heterocycles. The first kappa shape index (κ1) is 14.2. The van der Waals surface area contributed by atoms with Crippen LogP contribution in [0.25, 0.3) is 5.69 Å². The maximum atomic E-state index is 11.0. The van der Waals surface area contributed by atoms with Gasteiger partial charge >= 0.3 is 5.97 Å². The second kappa shape index (κ2) is 6.28. The van der Waals surface area contributed by atoms with Gasteiger partial charge in [0.05, 0.1) is 12.2 Å². The van der Waals surface area contributed by atoms with Gasteiger partial charge in [-0.1, -0.05) is 13.3 Å². The first-order valence-electron chi connectivity index (χ1n) is 6.78. The number of aromatic nitrogens is 1. The molecule has 2 aromatic rings. The van der Waals surface area contributed by atoms with Crippen LogP contribution in [0.1, 0.15) is 35.8 Å². The minimum atomic E-state index is -0.902. The largest absolute Gasteiger partial charge is 0.494 e. The van der Waals surface area contributed by atoms with Crippen LogP contribution in [0.15, 0.2) is 36.5 Å². The van der Waals surface area contributed by atoms with Gasteiger partial charge in [0.25, 0.3) is 0 Å². The summed E-state index contributed by atoms with van der Waals surface area (Å²) in [6.07, 6.45) is 3.92. The van der Waals surface area contributed by atoms with E-state index >= 15 is 0 Å². The molecule has 2 rings (SSSR count). The number of benzene rings is 1. The molecule has 0 aliphatic rings.